The number of benzene rings is 2. The molecule has 1 aliphatic rings. The third kappa shape index (κ3) is 4.33. The van der Waals surface area contributed by atoms with Crippen molar-refractivity contribution in [1.29, 1.82) is 0 Å². The van der Waals surface area contributed by atoms with Crippen LogP contribution in [0.2, 0.25) is 0 Å². The Balaban J connectivity index is 1.54. The molecule has 0 radical (unpaired) electrons. The molecule has 1 unspecified atom stereocenters. The molecule has 3 nitrogen and oxygen atoms in total. The van der Waals surface area contributed by atoms with Gasteiger partial charge in [-0.3, -0.25) is 9.69 Å². The number of hydrogen-bond acceptors (Lipinski definition) is 2. The number of para-hydroxylation sites is 1. The number of piperidine rings is 1. The minimum Gasteiger partial charge on any atom is -0.323 e. The first kappa shape index (κ1) is 16.5. The second-order valence-electron chi connectivity index (χ2n) is 6.28. The zero-order chi connectivity index (χ0) is 16.8. The van der Waals surface area contributed by atoms with Crippen LogP contribution < -0.4 is 5.32 Å². The summed E-state index contributed by atoms with van der Waals surface area (Å²) in [4.78, 5) is 14.6. The van der Waals surface area contributed by atoms with E-state index in [4.69, 9.17) is 0 Å². The zero-order valence-corrected chi connectivity index (χ0v) is 14.1. The SMILES string of the molecule is CC(c1ccccc1)N1CCC(=CC(=O)Nc2ccccc2)CC1. The average Bonchev–Trinajstić information content (AvgIpc) is 2.63. The maximum atomic E-state index is 12.1. The van der Waals surface area contributed by atoms with Gasteiger partial charge in [-0.15, -0.1) is 0 Å². The Morgan fingerprint density at radius 3 is 2.21 bits per heavy atom. The number of nitrogens with one attached hydrogen (secondary N) is 1. The lowest BCUT2D eigenvalue weighted by atomic mass is 9.99. The van der Waals surface area contributed by atoms with Gasteiger partial charge in [-0.1, -0.05) is 54.1 Å². The minimum atomic E-state index is -0.0271. The zero-order valence-electron chi connectivity index (χ0n) is 14.1. The molecule has 1 fully saturated rings. The molecule has 1 saturated heterocycles. The second-order valence-corrected chi connectivity index (χ2v) is 6.28. The molecular formula is C21H24N2O. The van der Waals surface area contributed by atoms with Crippen molar-refractivity contribution in [2.24, 2.45) is 0 Å². The van der Waals surface area contributed by atoms with Crippen molar-refractivity contribution in [3.63, 3.8) is 0 Å². The van der Waals surface area contributed by atoms with Gasteiger partial charge in [0.25, 0.3) is 0 Å². The van der Waals surface area contributed by atoms with Crippen molar-refractivity contribution < 1.29 is 4.79 Å². The summed E-state index contributed by atoms with van der Waals surface area (Å²) in [6.07, 6.45) is 3.69. The predicted octanol–water partition coefficient (Wildman–Crippen LogP) is 4.41. The van der Waals surface area contributed by atoms with E-state index in [1.54, 1.807) is 6.08 Å². The molecule has 24 heavy (non-hydrogen) atoms. The van der Waals surface area contributed by atoms with Crippen molar-refractivity contribution in [1.82, 2.24) is 4.90 Å². The van der Waals surface area contributed by atoms with Crippen molar-refractivity contribution in [2.45, 2.75) is 25.8 Å². The van der Waals surface area contributed by atoms with Crippen LogP contribution in [-0.4, -0.2) is 23.9 Å². The number of carbonyl (C=O) groups is 1. The van der Waals surface area contributed by atoms with Crippen LogP contribution in [0.1, 0.15) is 31.4 Å². The molecule has 3 heteroatoms. The third-order valence-corrected chi connectivity index (χ3v) is 4.65. The molecule has 3 rings (SSSR count). The summed E-state index contributed by atoms with van der Waals surface area (Å²) in [5, 5.41) is 2.92. The Morgan fingerprint density at radius 1 is 1.00 bits per heavy atom. The summed E-state index contributed by atoms with van der Waals surface area (Å²) < 4.78 is 0. The number of carbonyl (C=O) groups excluding carboxylic acids is 1. The Bertz CT molecular complexity index is 684. The first-order chi connectivity index (χ1) is 11.7. The molecule has 2 aromatic carbocycles. The van der Waals surface area contributed by atoms with Gasteiger partial charge in [0, 0.05) is 30.9 Å². The first-order valence-electron chi connectivity index (χ1n) is 8.57. The van der Waals surface area contributed by atoms with Gasteiger partial charge in [0.15, 0.2) is 0 Å². The van der Waals surface area contributed by atoms with Crippen molar-refractivity contribution in [3.05, 3.63) is 77.9 Å². The summed E-state index contributed by atoms with van der Waals surface area (Å²) in [5.74, 6) is -0.0271. The van der Waals surface area contributed by atoms with Crippen molar-refractivity contribution >= 4 is 11.6 Å². The van der Waals surface area contributed by atoms with E-state index in [1.165, 1.54) is 11.1 Å². The van der Waals surface area contributed by atoms with Crippen LogP contribution in [0.4, 0.5) is 5.69 Å². The van der Waals surface area contributed by atoms with Gasteiger partial charge in [0.1, 0.15) is 0 Å². The van der Waals surface area contributed by atoms with E-state index < -0.39 is 0 Å². The van der Waals surface area contributed by atoms with Gasteiger partial charge in [0.2, 0.25) is 5.91 Å². The monoisotopic (exact) mass is 320 g/mol. The molecule has 1 N–H and O–H groups in total. The molecule has 1 amide bonds. The van der Waals surface area contributed by atoms with E-state index in [2.05, 4.69) is 47.5 Å². The van der Waals surface area contributed by atoms with Gasteiger partial charge >= 0.3 is 0 Å². The number of rotatable bonds is 4. The summed E-state index contributed by atoms with van der Waals surface area (Å²) in [6.45, 7) is 4.26. The Labute approximate surface area is 144 Å². The molecular weight excluding hydrogens is 296 g/mol. The molecule has 0 bridgehead atoms. The number of hydrogen-bond donors (Lipinski definition) is 1. The first-order valence-corrected chi connectivity index (χ1v) is 8.57. The fraction of sp³-hybridized carbons (Fsp3) is 0.286. The van der Waals surface area contributed by atoms with Crippen molar-refractivity contribution in [3.8, 4) is 0 Å². The van der Waals surface area contributed by atoms with Crippen LogP contribution in [0, 0.1) is 0 Å². The highest BCUT2D eigenvalue weighted by molar-refractivity contribution is 5.99. The van der Waals surface area contributed by atoms with Gasteiger partial charge in [-0.25, -0.2) is 0 Å². The summed E-state index contributed by atoms with van der Waals surface area (Å²) in [7, 11) is 0. The van der Waals surface area contributed by atoms with Crippen molar-refractivity contribution in [2.75, 3.05) is 18.4 Å². The second kappa shape index (κ2) is 7.93. The highest BCUT2D eigenvalue weighted by atomic mass is 16.1. The molecule has 1 heterocycles. The number of anilines is 1. The van der Waals surface area contributed by atoms with E-state index in [0.29, 0.717) is 6.04 Å². The number of nitrogens with zero attached hydrogens (tertiary/aromatic N) is 1. The fourth-order valence-electron chi connectivity index (χ4n) is 3.17. The van der Waals surface area contributed by atoms with Crippen LogP contribution in [0.3, 0.4) is 0 Å². The maximum absolute atomic E-state index is 12.1. The van der Waals surface area contributed by atoms with E-state index in [9.17, 15) is 4.79 Å². The highest BCUT2D eigenvalue weighted by Crippen LogP contribution is 2.26. The average molecular weight is 320 g/mol. The lowest BCUT2D eigenvalue weighted by Gasteiger charge is -2.33. The van der Waals surface area contributed by atoms with Crippen LogP contribution in [0.15, 0.2) is 72.3 Å². The predicted molar refractivity (Wildman–Crippen MR) is 98.8 cm³/mol. The van der Waals surface area contributed by atoms with E-state index in [0.717, 1.165) is 31.6 Å². The summed E-state index contributed by atoms with van der Waals surface area (Å²) >= 11 is 0. The normalized spacial score (nSPS) is 16.5. The topological polar surface area (TPSA) is 32.3 Å². The maximum Gasteiger partial charge on any atom is 0.248 e. The Hall–Kier alpha value is -2.39. The fourth-order valence-corrected chi connectivity index (χ4v) is 3.17. The number of likely N-dealkylation sites (tertiary alicyclic amines) is 1. The molecule has 0 aliphatic carbocycles. The lowest BCUT2D eigenvalue weighted by molar-refractivity contribution is -0.112. The standard InChI is InChI=1S/C21H24N2O/c1-17(19-8-4-2-5-9-19)23-14-12-18(13-15-23)16-21(24)22-20-10-6-3-7-11-20/h2-11,16-17H,12-15H2,1H3,(H,22,24). The van der Waals surface area contributed by atoms with Gasteiger partial charge in [-0.2, -0.15) is 0 Å². The molecule has 1 atom stereocenters. The molecule has 2 aromatic rings. The van der Waals surface area contributed by atoms with E-state index in [-0.39, 0.29) is 5.91 Å². The van der Waals surface area contributed by atoms with Gasteiger partial charge in [0.05, 0.1) is 0 Å². The lowest BCUT2D eigenvalue weighted by Crippen LogP contribution is -2.33. The molecule has 0 saturated carbocycles. The third-order valence-electron chi connectivity index (χ3n) is 4.65. The molecule has 0 spiro atoms. The van der Waals surface area contributed by atoms with Gasteiger partial charge in [-0.05, 0) is 37.5 Å². The summed E-state index contributed by atoms with van der Waals surface area (Å²) in [6, 6.07) is 20.6. The molecule has 0 aromatic heterocycles. The van der Waals surface area contributed by atoms with E-state index >= 15 is 0 Å². The van der Waals surface area contributed by atoms with Crippen LogP contribution >= 0.6 is 0 Å². The molecule has 124 valence electrons. The van der Waals surface area contributed by atoms with E-state index in [1.807, 2.05) is 30.3 Å². The number of amides is 1. The van der Waals surface area contributed by atoms with Crippen LogP contribution in [0.25, 0.3) is 0 Å². The highest BCUT2D eigenvalue weighted by Gasteiger charge is 2.20. The smallest absolute Gasteiger partial charge is 0.248 e. The quantitative estimate of drug-likeness (QED) is 0.846. The van der Waals surface area contributed by atoms with Gasteiger partial charge < -0.3 is 5.32 Å². The summed E-state index contributed by atoms with van der Waals surface area (Å²) in [5.41, 5.74) is 3.43. The Kier molecular flexibility index (Phi) is 5.44. The largest absolute Gasteiger partial charge is 0.323 e. The minimum absolute atomic E-state index is 0.0271. The van der Waals surface area contributed by atoms with Crippen LogP contribution in [0.5, 0.6) is 0 Å². The van der Waals surface area contributed by atoms with Crippen LogP contribution in [-0.2, 0) is 4.79 Å². The Morgan fingerprint density at radius 2 is 1.58 bits per heavy atom. The molecule has 1 aliphatic heterocycles.